The predicted molar refractivity (Wildman–Crippen MR) is 105 cm³/mol. The Kier molecular flexibility index (Phi) is 6.45. The van der Waals surface area contributed by atoms with Gasteiger partial charge in [0.2, 0.25) is 5.91 Å². The summed E-state index contributed by atoms with van der Waals surface area (Å²) < 4.78 is 39.1. The van der Waals surface area contributed by atoms with E-state index in [1.54, 1.807) is 0 Å². The second-order valence-electron chi connectivity index (χ2n) is 8.77. The number of amides is 2. The normalized spacial score (nSPS) is 24.2. The van der Waals surface area contributed by atoms with E-state index in [9.17, 15) is 27.9 Å². The van der Waals surface area contributed by atoms with Crippen molar-refractivity contribution in [3.05, 3.63) is 35.4 Å². The molecule has 8 heteroatoms. The van der Waals surface area contributed by atoms with E-state index in [1.165, 1.54) is 24.3 Å². The molecule has 3 rings (SSSR count). The maximum absolute atomic E-state index is 13.2. The number of alkyl halides is 3. The molecule has 0 bridgehead atoms. The van der Waals surface area contributed by atoms with Crippen molar-refractivity contribution in [1.82, 2.24) is 4.90 Å². The maximum Gasteiger partial charge on any atom is 0.421 e. The van der Waals surface area contributed by atoms with Gasteiger partial charge in [0, 0.05) is 24.1 Å². The van der Waals surface area contributed by atoms with Crippen LogP contribution in [0.3, 0.4) is 0 Å². The standard InChI is InChI=1S/C22H29F3N2O3/c1-21(30,22(23,24)25)16-7-5-15(6-8-16)20(29)27(18-11-12-18)17-9-2-14(3-10-17)4-13-19(26)28/h5-8,14,17-18,30H,2-4,9-13H2,1H3,(H2,26,28). The van der Waals surface area contributed by atoms with Gasteiger partial charge in [-0.05, 0) is 75.5 Å². The van der Waals surface area contributed by atoms with Crippen molar-refractivity contribution in [2.45, 2.75) is 82.2 Å². The first-order valence-corrected chi connectivity index (χ1v) is 10.5. The summed E-state index contributed by atoms with van der Waals surface area (Å²) in [6, 6.07) is 5.37. The molecule has 166 valence electrons. The second-order valence-corrected chi connectivity index (χ2v) is 8.77. The largest absolute Gasteiger partial charge is 0.421 e. The number of rotatable bonds is 7. The molecule has 0 radical (unpaired) electrons. The van der Waals surface area contributed by atoms with Gasteiger partial charge in [-0.15, -0.1) is 0 Å². The number of carbonyl (C=O) groups excluding carboxylic acids is 2. The van der Waals surface area contributed by atoms with Crippen LogP contribution in [-0.2, 0) is 10.4 Å². The summed E-state index contributed by atoms with van der Waals surface area (Å²) in [5, 5.41) is 9.82. The highest BCUT2D eigenvalue weighted by Crippen LogP contribution is 2.40. The number of hydrogen-bond donors (Lipinski definition) is 2. The van der Waals surface area contributed by atoms with Gasteiger partial charge in [0.15, 0.2) is 5.60 Å². The van der Waals surface area contributed by atoms with Crippen molar-refractivity contribution in [3.63, 3.8) is 0 Å². The summed E-state index contributed by atoms with van der Waals surface area (Å²) in [5.41, 5.74) is 2.31. The van der Waals surface area contributed by atoms with Crippen LogP contribution in [-0.4, -0.2) is 40.1 Å². The van der Waals surface area contributed by atoms with Crippen LogP contribution >= 0.6 is 0 Å². The summed E-state index contributed by atoms with van der Waals surface area (Å²) in [4.78, 5) is 26.1. The molecule has 2 aliphatic carbocycles. The molecule has 2 fully saturated rings. The molecule has 1 unspecified atom stereocenters. The number of aliphatic hydroxyl groups is 1. The monoisotopic (exact) mass is 426 g/mol. The number of carbonyl (C=O) groups is 2. The SMILES string of the molecule is CC(O)(c1ccc(C(=O)N(C2CCC(CCC(N)=O)CC2)C2CC2)cc1)C(F)(F)F. The molecular weight excluding hydrogens is 397 g/mol. The first-order valence-electron chi connectivity index (χ1n) is 10.5. The van der Waals surface area contributed by atoms with Gasteiger partial charge in [0.1, 0.15) is 0 Å². The molecule has 0 spiro atoms. The molecule has 2 saturated carbocycles. The molecule has 2 amide bonds. The van der Waals surface area contributed by atoms with E-state index in [0.29, 0.717) is 24.8 Å². The lowest BCUT2D eigenvalue weighted by molar-refractivity contribution is -0.258. The molecule has 30 heavy (non-hydrogen) atoms. The molecule has 2 aliphatic rings. The average Bonchev–Trinajstić information content (AvgIpc) is 3.51. The van der Waals surface area contributed by atoms with Crippen LogP contribution in [0.4, 0.5) is 13.2 Å². The van der Waals surface area contributed by atoms with Crippen LogP contribution in [0.5, 0.6) is 0 Å². The molecule has 1 aromatic carbocycles. The number of nitrogens with zero attached hydrogens (tertiary/aromatic N) is 1. The van der Waals surface area contributed by atoms with Crippen LogP contribution in [0.1, 0.15) is 74.2 Å². The molecule has 3 N–H and O–H groups in total. The number of hydrogen-bond acceptors (Lipinski definition) is 3. The molecule has 5 nitrogen and oxygen atoms in total. The first-order chi connectivity index (χ1) is 14.0. The molecular formula is C22H29F3N2O3. The lowest BCUT2D eigenvalue weighted by Crippen LogP contribution is -2.44. The lowest BCUT2D eigenvalue weighted by Gasteiger charge is -2.37. The highest BCUT2D eigenvalue weighted by Gasteiger charge is 2.51. The Morgan fingerprint density at radius 3 is 1.97 bits per heavy atom. The van der Waals surface area contributed by atoms with E-state index < -0.39 is 11.8 Å². The molecule has 0 saturated heterocycles. The third-order valence-electron chi connectivity index (χ3n) is 6.43. The van der Waals surface area contributed by atoms with Crippen LogP contribution < -0.4 is 5.73 Å². The minimum Gasteiger partial charge on any atom is -0.376 e. The topological polar surface area (TPSA) is 83.6 Å². The van der Waals surface area contributed by atoms with Gasteiger partial charge in [-0.3, -0.25) is 9.59 Å². The highest BCUT2D eigenvalue weighted by atomic mass is 19.4. The van der Waals surface area contributed by atoms with Gasteiger partial charge in [0.25, 0.3) is 5.91 Å². The van der Waals surface area contributed by atoms with E-state index in [-0.39, 0.29) is 29.5 Å². The Bertz CT molecular complexity index is 765. The fraction of sp³-hybridized carbons (Fsp3) is 0.636. The number of benzene rings is 1. The molecule has 0 aliphatic heterocycles. The van der Waals surface area contributed by atoms with Crippen molar-refractivity contribution in [2.75, 3.05) is 0 Å². The van der Waals surface area contributed by atoms with E-state index >= 15 is 0 Å². The first kappa shape index (κ1) is 22.6. The minimum atomic E-state index is -4.80. The van der Waals surface area contributed by atoms with Crippen molar-refractivity contribution in [1.29, 1.82) is 0 Å². The van der Waals surface area contributed by atoms with Gasteiger partial charge in [-0.25, -0.2) is 0 Å². The Balaban J connectivity index is 1.67. The van der Waals surface area contributed by atoms with Gasteiger partial charge < -0.3 is 15.7 Å². The van der Waals surface area contributed by atoms with E-state index in [2.05, 4.69) is 0 Å². The number of halogens is 3. The van der Waals surface area contributed by atoms with Gasteiger partial charge >= 0.3 is 6.18 Å². The predicted octanol–water partition coefficient (Wildman–Crippen LogP) is 3.89. The van der Waals surface area contributed by atoms with Gasteiger partial charge in [0.05, 0.1) is 0 Å². The van der Waals surface area contributed by atoms with E-state index in [0.717, 1.165) is 44.9 Å². The second kappa shape index (κ2) is 8.57. The van der Waals surface area contributed by atoms with Crippen molar-refractivity contribution < 1.29 is 27.9 Å². The summed E-state index contributed by atoms with van der Waals surface area (Å²) in [6.45, 7) is 0.705. The third-order valence-corrected chi connectivity index (χ3v) is 6.43. The fourth-order valence-corrected chi connectivity index (χ4v) is 4.29. The lowest BCUT2D eigenvalue weighted by atomic mass is 9.82. The van der Waals surface area contributed by atoms with Crippen molar-refractivity contribution >= 4 is 11.8 Å². The molecule has 0 heterocycles. The molecule has 1 aromatic rings. The van der Waals surface area contributed by atoms with E-state index in [1.807, 2.05) is 4.90 Å². The smallest absolute Gasteiger partial charge is 0.376 e. The van der Waals surface area contributed by atoms with Gasteiger partial charge in [-0.2, -0.15) is 13.2 Å². The summed E-state index contributed by atoms with van der Waals surface area (Å²) >= 11 is 0. The molecule has 1 atom stereocenters. The quantitative estimate of drug-likeness (QED) is 0.694. The van der Waals surface area contributed by atoms with Crippen molar-refractivity contribution in [3.8, 4) is 0 Å². The zero-order valence-electron chi connectivity index (χ0n) is 17.1. The maximum atomic E-state index is 13.2. The summed E-state index contributed by atoms with van der Waals surface area (Å²) in [7, 11) is 0. The van der Waals surface area contributed by atoms with Crippen molar-refractivity contribution in [2.24, 2.45) is 11.7 Å². The zero-order valence-corrected chi connectivity index (χ0v) is 17.1. The Morgan fingerprint density at radius 1 is 1.03 bits per heavy atom. The van der Waals surface area contributed by atoms with Gasteiger partial charge in [-0.1, -0.05) is 12.1 Å². The minimum absolute atomic E-state index is 0.104. The van der Waals surface area contributed by atoms with E-state index in [4.69, 9.17) is 5.73 Å². The Labute approximate surface area is 174 Å². The highest BCUT2D eigenvalue weighted by molar-refractivity contribution is 5.95. The summed E-state index contributed by atoms with van der Waals surface area (Å²) in [6.07, 6.45) is 1.81. The Morgan fingerprint density at radius 2 is 1.53 bits per heavy atom. The van der Waals surface area contributed by atoms with Crippen LogP contribution in [0.2, 0.25) is 0 Å². The van der Waals surface area contributed by atoms with Crippen LogP contribution in [0.15, 0.2) is 24.3 Å². The Hall–Kier alpha value is -2.09. The van der Waals surface area contributed by atoms with Crippen LogP contribution in [0.25, 0.3) is 0 Å². The number of primary amides is 1. The molecule has 0 aromatic heterocycles. The summed E-state index contributed by atoms with van der Waals surface area (Å²) in [5.74, 6) is -0.0232. The third kappa shape index (κ3) is 4.96. The zero-order chi connectivity index (χ0) is 22.1. The number of nitrogens with two attached hydrogens (primary N) is 1. The average molecular weight is 426 g/mol. The fourth-order valence-electron chi connectivity index (χ4n) is 4.29. The van der Waals surface area contributed by atoms with Crippen LogP contribution in [0, 0.1) is 5.92 Å².